The third kappa shape index (κ3) is 4.44. The molecule has 148 valence electrons. The number of carbonyl (C=O) groups excluding carboxylic acids is 3. The lowest BCUT2D eigenvalue weighted by molar-refractivity contribution is -0.131. The van der Waals surface area contributed by atoms with Gasteiger partial charge in [-0.1, -0.05) is 0 Å². The summed E-state index contributed by atoms with van der Waals surface area (Å²) < 4.78 is 34.7. The fourth-order valence-corrected chi connectivity index (χ4v) is 3.88. The highest BCUT2D eigenvalue weighted by Gasteiger charge is 2.49. The molecule has 3 heterocycles. The summed E-state index contributed by atoms with van der Waals surface area (Å²) in [7, 11) is -4.86. The zero-order valence-corrected chi connectivity index (χ0v) is 15.3. The van der Waals surface area contributed by atoms with E-state index in [4.69, 9.17) is 10.3 Å². The third-order valence-electron chi connectivity index (χ3n) is 4.04. The predicted molar refractivity (Wildman–Crippen MR) is 89.9 cm³/mol. The van der Waals surface area contributed by atoms with Gasteiger partial charge in [0.2, 0.25) is 5.91 Å². The maximum Gasteiger partial charge on any atom is 0.418 e. The largest absolute Gasteiger partial charge is 0.418 e. The molecule has 13 nitrogen and oxygen atoms in total. The number of carbonyl (C=O) groups is 3. The lowest BCUT2D eigenvalue weighted by atomic mass is 10.0. The number of aromatic nitrogens is 1. The van der Waals surface area contributed by atoms with Gasteiger partial charge >= 0.3 is 16.4 Å². The Labute approximate surface area is 157 Å². The van der Waals surface area contributed by atoms with Gasteiger partial charge in [-0.15, -0.1) is 15.6 Å². The highest BCUT2D eigenvalue weighted by Crippen LogP contribution is 2.30. The molecule has 3 rings (SSSR count). The quantitative estimate of drug-likeness (QED) is 0.322. The van der Waals surface area contributed by atoms with Crippen molar-refractivity contribution in [2.24, 2.45) is 0 Å². The van der Waals surface area contributed by atoms with E-state index in [1.165, 1.54) is 11.3 Å². The van der Waals surface area contributed by atoms with Crippen molar-refractivity contribution in [2.45, 2.75) is 31.3 Å². The summed E-state index contributed by atoms with van der Waals surface area (Å²) in [5, 5.41) is 2.47. The SMILES string of the molecule is Nc1nc(CC(=O)NNC(=O)[C@@H]2CC[C@@H]3CN2C(=O)N3OS(=O)(=O)O)cs1. The number of rotatable bonds is 5. The number of hydrazine groups is 1. The smallest absolute Gasteiger partial charge is 0.375 e. The summed E-state index contributed by atoms with van der Waals surface area (Å²) in [5.74, 6) is -1.16. The average molecular weight is 420 g/mol. The number of nitrogens with one attached hydrogen (secondary N) is 2. The molecule has 5 N–H and O–H groups in total. The molecule has 2 saturated heterocycles. The maximum atomic E-state index is 12.3. The summed E-state index contributed by atoms with van der Waals surface area (Å²) in [5.41, 5.74) is 10.4. The molecule has 1 aromatic heterocycles. The van der Waals surface area contributed by atoms with Crippen molar-refractivity contribution in [3.63, 3.8) is 0 Å². The first-order valence-corrected chi connectivity index (χ1v) is 9.94. The van der Waals surface area contributed by atoms with E-state index in [0.717, 1.165) is 4.90 Å². The number of nitrogen functional groups attached to an aromatic ring is 1. The third-order valence-corrected chi connectivity index (χ3v) is 5.11. The monoisotopic (exact) mass is 420 g/mol. The van der Waals surface area contributed by atoms with Gasteiger partial charge in [0.15, 0.2) is 5.13 Å². The van der Waals surface area contributed by atoms with E-state index >= 15 is 0 Å². The van der Waals surface area contributed by atoms with E-state index in [2.05, 4.69) is 20.1 Å². The minimum absolute atomic E-state index is 0.0541. The van der Waals surface area contributed by atoms with Crippen LogP contribution in [0.4, 0.5) is 9.93 Å². The first kappa shape index (κ1) is 19.3. The Kier molecular flexibility index (Phi) is 5.18. The fourth-order valence-electron chi connectivity index (χ4n) is 2.93. The number of anilines is 1. The molecule has 4 amide bonds. The van der Waals surface area contributed by atoms with Gasteiger partial charge in [0.25, 0.3) is 5.91 Å². The van der Waals surface area contributed by atoms with Crippen LogP contribution in [-0.4, -0.2) is 64.4 Å². The second-order valence-corrected chi connectivity index (χ2v) is 7.80. The van der Waals surface area contributed by atoms with Crippen LogP contribution in [0.5, 0.6) is 0 Å². The van der Waals surface area contributed by atoms with Crippen LogP contribution in [0, 0.1) is 0 Å². The van der Waals surface area contributed by atoms with Crippen molar-refractivity contribution in [2.75, 3.05) is 12.3 Å². The molecule has 0 unspecified atom stereocenters. The van der Waals surface area contributed by atoms with Crippen molar-refractivity contribution in [3.05, 3.63) is 11.1 Å². The van der Waals surface area contributed by atoms with Gasteiger partial charge in [0, 0.05) is 11.9 Å². The minimum Gasteiger partial charge on any atom is -0.375 e. The first-order valence-electron chi connectivity index (χ1n) is 7.69. The summed E-state index contributed by atoms with van der Waals surface area (Å²) in [4.78, 5) is 41.4. The molecular formula is C12H16N6O7S2. The highest BCUT2D eigenvalue weighted by molar-refractivity contribution is 7.80. The Morgan fingerprint density at radius 3 is 2.78 bits per heavy atom. The predicted octanol–water partition coefficient (Wildman–Crippen LogP) is -1.58. The van der Waals surface area contributed by atoms with Gasteiger partial charge in [0.1, 0.15) is 6.04 Å². The van der Waals surface area contributed by atoms with Crippen LogP contribution in [0.25, 0.3) is 0 Å². The van der Waals surface area contributed by atoms with Gasteiger partial charge in [-0.2, -0.15) is 13.5 Å². The van der Waals surface area contributed by atoms with Gasteiger partial charge in [0.05, 0.1) is 18.2 Å². The zero-order valence-electron chi connectivity index (χ0n) is 13.7. The number of urea groups is 1. The molecule has 2 fully saturated rings. The Hall–Kier alpha value is -2.49. The Balaban J connectivity index is 1.55. The number of fused-ring (bicyclic) bond motifs is 2. The van der Waals surface area contributed by atoms with Crippen molar-refractivity contribution in [3.8, 4) is 0 Å². The average Bonchev–Trinajstić information content (AvgIpc) is 3.09. The summed E-state index contributed by atoms with van der Waals surface area (Å²) in [6.07, 6.45) is 0.424. The van der Waals surface area contributed by atoms with Crippen molar-refractivity contribution >= 4 is 44.7 Å². The number of hydrogen-bond acceptors (Lipinski definition) is 9. The van der Waals surface area contributed by atoms with Gasteiger partial charge in [-0.05, 0) is 12.8 Å². The molecule has 2 atom stereocenters. The number of nitrogens with zero attached hydrogens (tertiary/aromatic N) is 3. The molecule has 0 radical (unpaired) electrons. The molecular weight excluding hydrogens is 404 g/mol. The number of amides is 4. The van der Waals surface area contributed by atoms with Gasteiger partial charge in [-0.25, -0.2) is 9.78 Å². The van der Waals surface area contributed by atoms with Crippen LogP contribution in [0.1, 0.15) is 18.5 Å². The topological polar surface area (TPSA) is 184 Å². The highest BCUT2D eigenvalue weighted by atomic mass is 32.3. The van der Waals surface area contributed by atoms with Crippen molar-refractivity contribution < 1.29 is 31.6 Å². The molecule has 0 aromatic carbocycles. The number of hydrogen-bond donors (Lipinski definition) is 4. The molecule has 0 spiro atoms. The first-order chi connectivity index (χ1) is 12.6. The van der Waals surface area contributed by atoms with E-state index < -0.39 is 40.3 Å². The van der Waals surface area contributed by atoms with Crippen LogP contribution in [0.15, 0.2) is 5.38 Å². The summed E-state index contributed by atoms with van der Waals surface area (Å²) in [6, 6.07) is -2.38. The van der Waals surface area contributed by atoms with Crippen molar-refractivity contribution in [1.29, 1.82) is 0 Å². The Morgan fingerprint density at radius 1 is 1.41 bits per heavy atom. The normalized spacial score (nSPS) is 22.0. The van der Waals surface area contributed by atoms with E-state index in [1.807, 2.05) is 0 Å². The van der Waals surface area contributed by atoms with E-state index in [-0.39, 0.29) is 25.8 Å². The molecule has 0 saturated carbocycles. The number of nitrogens with two attached hydrogens (primary N) is 1. The molecule has 27 heavy (non-hydrogen) atoms. The standard InChI is InChI=1S/C12H16N6O7S2/c13-11-14-6(5-26-11)3-9(19)15-16-10(20)8-2-1-7-4-17(8)12(21)18(7)25-27(22,23)24/h5,7-8H,1-4H2,(H2,13,14)(H,15,19)(H,16,20)(H,22,23,24)/t7-,8+/m1/s1. The Bertz CT molecular complexity index is 871. The van der Waals surface area contributed by atoms with E-state index in [9.17, 15) is 22.8 Å². The number of thiazole rings is 1. The van der Waals surface area contributed by atoms with Crippen LogP contribution in [0.2, 0.25) is 0 Å². The second kappa shape index (κ2) is 7.26. The molecule has 2 aliphatic rings. The van der Waals surface area contributed by atoms with Gasteiger partial charge < -0.3 is 10.6 Å². The van der Waals surface area contributed by atoms with Crippen LogP contribution in [-0.2, 0) is 30.7 Å². The number of piperidine rings is 1. The van der Waals surface area contributed by atoms with E-state index in [1.54, 1.807) is 5.38 Å². The van der Waals surface area contributed by atoms with Gasteiger partial charge in [-0.3, -0.25) is 25.0 Å². The lowest BCUT2D eigenvalue weighted by Crippen LogP contribution is -2.54. The van der Waals surface area contributed by atoms with Crippen LogP contribution >= 0.6 is 11.3 Å². The second-order valence-electron chi connectivity index (χ2n) is 5.90. The molecule has 2 bridgehead atoms. The summed E-state index contributed by atoms with van der Waals surface area (Å²) >= 11 is 1.18. The molecule has 15 heteroatoms. The fraction of sp³-hybridized carbons (Fsp3) is 0.500. The molecule has 1 aromatic rings. The molecule has 0 aliphatic carbocycles. The van der Waals surface area contributed by atoms with Crippen LogP contribution < -0.4 is 16.6 Å². The zero-order chi connectivity index (χ0) is 19.8. The maximum absolute atomic E-state index is 12.3. The summed E-state index contributed by atoms with van der Waals surface area (Å²) in [6.45, 7) is 0.0541. The molecule has 2 aliphatic heterocycles. The Morgan fingerprint density at radius 2 is 2.15 bits per heavy atom. The van der Waals surface area contributed by atoms with Crippen LogP contribution in [0.3, 0.4) is 0 Å². The number of hydroxylamine groups is 2. The van der Waals surface area contributed by atoms with E-state index in [0.29, 0.717) is 15.9 Å². The van der Waals surface area contributed by atoms with Crippen molar-refractivity contribution in [1.82, 2.24) is 25.8 Å². The lowest BCUT2D eigenvalue weighted by Gasteiger charge is -2.29. The minimum atomic E-state index is -4.86.